The maximum atomic E-state index is 12.4. The van der Waals surface area contributed by atoms with E-state index >= 15 is 0 Å². The van der Waals surface area contributed by atoms with Crippen molar-refractivity contribution in [2.75, 3.05) is 6.54 Å². The Morgan fingerprint density at radius 1 is 1.29 bits per heavy atom. The third-order valence-electron chi connectivity index (χ3n) is 4.43. The van der Waals surface area contributed by atoms with Crippen molar-refractivity contribution >= 4 is 21.8 Å². The van der Waals surface area contributed by atoms with Crippen molar-refractivity contribution in [3.8, 4) is 0 Å². The first-order valence-corrected chi connectivity index (χ1v) is 8.75. The Kier molecular flexibility index (Phi) is 5.48. The van der Waals surface area contributed by atoms with Gasteiger partial charge in [-0.1, -0.05) is 42.6 Å². The fourth-order valence-electron chi connectivity index (χ4n) is 3.68. The monoisotopic (exact) mass is 351 g/mol. The summed E-state index contributed by atoms with van der Waals surface area (Å²) in [5, 5.41) is 3.18. The Morgan fingerprint density at radius 3 is 2.52 bits per heavy atom. The molecule has 1 saturated carbocycles. The Morgan fingerprint density at radius 2 is 1.95 bits per heavy atom. The van der Waals surface area contributed by atoms with Crippen molar-refractivity contribution in [1.82, 2.24) is 5.32 Å². The zero-order valence-electron chi connectivity index (χ0n) is 13.3. The van der Waals surface area contributed by atoms with Crippen molar-refractivity contribution < 1.29 is 4.79 Å². The van der Waals surface area contributed by atoms with E-state index in [0.717, 1.165) is 22.1 Å². The van der Waals surface area contributed by atoms with Gasteiger partial charge in [-0.15, -0.1) is 0 Å². The molecule has 1 aromatic carbocycles. The molecule has 21 heavy (non-hydrogen) atoms. The highest BCUT2D eigenvalue weighted by molar-refractivity contribution is 9.10. The summed E-state index contributed by atoms with van der Waals surface area (Å²) in [6.45, 7) is 7.38. The van der Waals surface area contributed by atoms with Crippen molar-refractivity contribution in [2.24, 2.45) is 11.3 Å². The Hall–Kier alpha value is -0.830. The van der Waals surface area contributed by atoms with Crippen LogP contribution in [-0.4, -0.2) is 12.5 Å². The molecule has 116 valence electrons. The molecule has 2 nitrogen and oxygen atoms in total. The van der Waals surface area contributed by atoms with Gasteiger partial charge >= 0.3 is 0 Å². The number of aryl methyl sites for hydroxylation is 1. The summed E-state index contributed by atoms with van der Waals surface area (Å²) in [7, 11) is 0. The maximum Gasteiger partial charge on any atom is 0.251 e. The lowest BCUT2D eigenvalue weighted by Crippen LogP contribution is -2.36. The van der Waals surface area contributed by atoms with Gasteiger partial charge in [0.1, 0.15) is 0 Å². The summed E-state index contributed by atoms with van der Waals surface area (Å²) in [6, 6.07) is 5.87. The summed E-state index contributed by atoms with van der Waals surface area (Å²) >= 11 is 3.46. The summed E-state index contributed by atoms with van der Waals surface area (Å²) in [5.74, 6) is 0.738. The molecule has 0 heterocycles. The van der Waals surface area contributed by atoms with Gasteiger partial charge in [-0.3, -0.25) is 4.79 Å². The van der Waals surface area contributed by atoms with Crippen LogP contribution in [-0.2, 0) is 0 Å². The SMILES string of the molecule is Cc1cc(Br)cc(C(=O)NCC2(CC(C)C)CCCC2)c1. The predicted octanol–water partition coefficient (Wildman–Crippen LogP) is 5.09. The molecular weight excluding hydrogens is 326 g/mol. The minimum Gasteiger partial charge on any atom is -0.351 e. The smallest absolute Gasteiger partial charge is 0.251 e. The van der Waals surface area contributed by atoms with Gasteiger partial charge in [0.25, 0.3) is 5.91 Å². The minimum atomic E-state index is 0.0504. The lowest BCUT2D eigenvalue weighted by atomic mass is 9.78. The number of carbonyl (C=O) groups excluding carboxylic acids is 1. The maximum absolute atomic E-state index is 12.4. The molecule has 0 radical (unpaired) electrons. The van der Waals surface area contributed by atoms with Gasteiger partial charge in [-0.05, 0) is 61.3 Å². The van der Waals surface area contributed by atoms with Gasteiger partial charge in [0.2, 0.25) is 0 Å². The third kappa shape index (κ3) is 4.57. The van der Waals surface area contributed by atoms with E-state index in [2.05, 4.69) is 35.1 Å². The van der Waals surface area contributed by atoms with Crippen molar-refractivity contribution in [3.05, 3.63) is 33.8 Å². The molecular formula is C18H26BrNO. The molecule has 0 atom stereocenters. The number of hydrogen-bond acceptors (Lipinski definition) is 1. The fourth-order valence-corrected chi connectivity index (χ4v) is 4.29. The predicted molar refractivity (Wildman–Crippen MR) is 91.6 cm³/mol. The topological polar surface area (TPSA) is 29.1 Å². The summed E-state index contributed by atoms with van der Waals surface area (Å²) in [4.78, 5) is 12.4. The molecule has 2 rings (SSSR count). The molecule has 0 saturated heterocycles. The van der Waals surface area contributed by atoms with Crippen LogP contribution in [0.2, 0.25) is 0 Å². The first kappa shape index (κ1) is 16.5. The molecule has 0 bridgehead atoms. The van der Waals surface area contributed by atoms with Crippen LogP contribution in [0.15, 0.2) is 22.7 Å². The second kappa shape index (κ2) is 6.95. The van der Waals surface area contributed by atoms with E-state index in [1.807, 2.05) is 25.1 Å². The first-order chi connectivity index (χ1) is 9.90. The molecule has 1 N–H and O–H groups in total. The van der Waals surface area contributed by atoms with Crippen LogP contribution in [0.5, 0.6) is 0 Å². The van der Waals surface area contributed by atoms with Gasteiger partial charge in [-0.2, -0.15) is 0 Å². The molecule has 1 fully saturated rings. The van der Waals surface area contributed by atoms with Crippen LogP contribution in [0.1, 0.15) is 61.9 Å². The molecule has 0 spiro atoms. The van der Waals surface area contributed by atoms with E-state index in [9.17, 15) is 4.79 Å². The second-order valence-electron chi connectivity index (χ2n) is 7.01. The fraction of sp³-hybridized carbons (Fsp3) is 0.611. The molecule has 1 aliphatic rings. The lowest BCUT2D eigenvalue weighted by Gasteiger charge is -2.31. The van der Waals surface area contributed by atoms with E-state index < -0.39 is 0 Å². The normalized spacial score (nSPS) is 17.2. The van der Waals surface area contributed by atoms with E-state index in [4.69, 9.17) is 0 Å². The molecule has 0 unspecified atom stereocenters. The minimum absolute atomic E-state index is 0.0504. The number of rotatable bonds is 5. The number of carbonyl (C=O) groups is 1. The molecule has 0 aromatic heterocycles. The Labute approximate surface area is 136 Å². The lowest BCUT2D eigenvalue weighted by molar-refractivity contribution is 0.0921. The van der Waals surface area contributed by atoms with E-state index in [1.165, 1.54) is 32.1 Å². The van der Waals surface area contributed by atoms with Crippen LogP contribution < -0.4 is 5.32 Å². The summed E-state index contributed by atoms with van der Waals surface area (Å²) < 4.78 is 0.963. The molecule has 1 aliphatic carbocycles. The first-order valence-electron chi connectivity index (χ1n) is 7.96. The molecule has 1 amide bonds. The van der Waals surface area contributed by atoms with Crippen molar-refractivity contribution in [3.63, 3.8) is 0 Å². The summed E-state index contributed by atoms with van der Waals surface area (Å²) in [6.07, 6.45) is 6.33. The van der Waals surface area contributed by atoms with E-state index in [0.29, 0.717) is 11.3 Å². The Balaban J connectivity index is 2.01. The number of amides is 1. The molecule has 0 aliphatic heterocycles. The van der Waals surface area contributed by atoms with Gasteiger partial charge < -0.3 is 5.32 Å². The van der Waals surface area contributed by atoms with Gasteiger partial charge in [0, 0.05) is 16.6 Å². The number of halogens is 1. The van der Waals surface area contributed by atoms with E-state index in [-0.39, 0.29) is 5.91 Å². The quantitative estimate of drug-likeness (QED) is 0.785. The number of nitrogens with one attached hydrogen (secondary N) is 1. The largest absolute Gasteiger partial charge is 0.351 e. The van der Waals surface area contributed by atoms with Crippen LogP contribution in [0, 0.1) is 18.3 Å². The number of benzene rings is 1. The standard InChI is InChI=1S/C18H26BrNO/c1-13(2)11-18(6-4-5-7-18)12-20-17(21)15-8-14(3)9-16(19)10-15/h8-10,13H,4-7,11-12H2,1-3H3,(H,20,21). The average Bonchev–Trinajstić information content (AvgIpc) is 2.83. The third-order valence-corrected chi connectivity index (χ3v) is 4.89. The van der Waals surface area contributed by atoms with Crippen LogP contribution >= 0.6 is 15.9 Å². The van der Waals surface area contributed by atoms with Crippen LogP contribution in [0.4, 0.5) is 0 Å². The molecule has 3 heteroatoms. The van der Waals surface area contributed by atoms with Crippen molar-refractivity contribution in [1.29, 1.82) is 0 Å². The highest BCUT2D eigenvalue weighted by atomic mass is 79.9. The summed E-state index contributed by atoms with van der Waals surface area (Å²) in [5.41, 5.74) is 2.18. The van der Waals surface area contributed by atoms with Crippen LogP contribution in [0.3, 0.4) is 0 Å². The average molecular weight is 352 g/mol. The molecule has 1 aromatic rings. The van der Waals surface area contributed by atoms with Crippen molar-refractivity contribution in [2.45, 2.75) is 52.9 Å². The highest BCUT2D eigenvalue weighted by Gasteiger charge is 2.34. The van der Waals surface area contributed by atoms with Gasteiger partial charge in [0.15, 0.2) is 0 Å². The van der Waals surface area contributed by atoms with E-state index in [1.54, 1.807) is 0 Å². The zero-order valence-corrected chi connectivity index (χ0v) is 14.9. The highest BCUT2D eigenvalue weighted by Crippen LogP contribution is 2.42. The van der Waals surface area contributed by atoms with Gasteiger partial charge in [0.05, 0.1) is 0 Å². The zero-order chi connectivity index (χ0) is 15.5. The van der Waals surface area contributed by atoms with Gasteiger partial charge in [-0.25, -0.2) is 0 Å². The second-order valence-corrected chi connectivity index (χ2v) is 7.92. The van der Waals surface area contributed by atoms with Crippen LogP contribution in [0.25, 0.3) is 0 Å². The number of hydrogen-bond donors (Lipinski definition) is 1. The Bertz CT molecular complexity index is 484.